The van der Waals surface area contributed by atoms with Gasteiger partial charge in [-0.2, -0.15) is 0 Å². The maximum atomic E-state index is 6.15. The summed E-state index contributed by atoms with van der Waals surface area (Å²) in [7, 11) is 0. The van der Waals surface area contributed by atoms with Gasteiger partial charge < -0.3 is 9.30 Å². The highest BCUT2D eigenvalue weighted by atomic mass is 35.5. The smallest absolute Gasteiger partial charge is 0.114 e. The number of rotatable bonds is 6. The van der Waals surface area contributed by atoms with Crippen molar-refractivity contribution in [3.05, 3.63) is 64.9 Å². The third kappa shape index (κ3) is 3.32. The van der Waals surface area contributed by atoms with Gasteiger partial charge in [0.2, 0.25) is 0 Å². The Kier molecular flexibility index (Phi) is 4.76. The van der Waals surface area contributed by atoms with E-state index in [1.54, 1.807) is 0 Å². The first-order valence-corrected chi connectivity index (χ1v) is 7.92. The summed E-state index contributed by atoms with van der Waals surface area (Å²) in [4.78, 5) is 4.78. The van der Waals surface area contributed by atoms with Crippen LogP contribution >= 0.6 is 11.6 Å². The summed E-state index contributed by atoms with van der Waals surface area (Å²) in [6.45, 7) is 4.19. The number of hydrogen-bond donors (Lipinski definition) is 0. The number of fused-ring (bicyclic) bond motifs is 1. The molecule has 0 aliphatic carbocycles. The highest BCUT2D eigenvalue weighted by molar-refractivity contribution is 6.31. The molecule has 0 aliphatic rings. The molecule has 0 N–H and O–H groups in total. The summed E-state index contributed by atoms with van der Waals surface area (Å²) < 4.78 is 7.72. The van der Waals surface area contributed by atoms with E-state index in [2.05, 4.69) is 28.8 Å². The lowest BCUT2D eigenvalue weighted by Crippen LogP contribution is -2.10. The second-order valence-corrected chi connectivity index (χ2v) is 5.61. The number of aromatic nitrogens is 2. The number of ether oxygens (including phenoxy) is 1. The molecule has 0 spiro atoms. The minimum Gasteiger partial charge on any atom is -0.380 e. The van der Waals surface area contributed by atoms with Gasteiger partial charge in [-0.15, -0.1) is 0 Å². The fourth-order valence-corrected chi connectivity index (χ4v) is 2.78. The fourth-order valence-electron chi connectivity index (χ4n) is 2.61. The van der Waals surface area contributed by atoms with Crippen LogP contribution in [-0.2, 0) is 17.7 Å². The van der Waals surface area contributed by atoms with Crippen molar-refractivity contribution >= 4 is 22.6 Å². The van der Waals surface area contributed by atoms with Crippen LogP contribution in [0.1, 0.15) is 18.3 Å². The average Bonchev–Trinajstić information content (AvgIpc) is 2.86. The van der Waals surface area contributed by atoms with E-state index in [-0.39, 0.29) is 0 Å². The summed E-state index contributed by atoms with van der Waals surface area (Å²) in [5.41, 5.74) is 3.30. The molecule has 0 amide bonds. The van der Waals surface area contributed by atoms with E-state index in [4.69, 9.17) is 21.3 Å². The predicted octanol–water partition coefficient (Wildman–Crippen LogP) is 4.32. The molecule has 114 valence electrons. The van der Waals surface area contributed by atoms with Gasteiger partial charge in [-0.05, 0) is 30.7 Å². The normalized spacial score (nSPS) is 11.2. The summed E-state index contributed by atoms with van der Waals surface area (Å²) in [6.07, 6.45) is 0.805. The third-order valence-electron chi connectivity index (χ3n) is 3.66. The van der Waals surface area contributed by atoms with Crippen LogP contribution in [0.2, 0.25) is 5.02 Å². The Morgan fingerprint density at radius 1 is 1.14 bits per heavy atom. The van der Waals surface area contributed by atoms with Gasteiger partial charge >= 0.3 is 0 Å². The van der Waals surface area contributed by atoms with E-state index in [1.165, 1.54) is 5.56 Å². The standard InChI is InChI=1S/C18H19ClN2O/c1-2-22-11-10-21-17-13-15(19)8-9-16(17)20-18(21)12-14-6-4-3-5-7-14/h3-9,13H,2,10-12H2,1H3. The first-order valence-electron chi connectivity index (χ1n) is 7.54. The van der Waals surface area contributed by atoms with Crippen molar-refractivity contribution in [2.24, 2.45) is 0 Å². The molecular weight excluding hydrogens is 296 g/mol. The summed E-state index contributed by atoms with van der Waals surface area (Å²) in [5, 5.41) is 0.733. The van der Waals surface area contributed by atoms with Gasteiger partial charge in [0, 0.05) is 24.6 Å². The van der Waals surface area contributed by atoms with E-state index >= 15 is 0 Å². The van der Waals surface area contributed by atoms with E-state index in [0.717, 1.165) is 41.5 Å². The van der Waals surface area contributed by atoms with Crippen molar-refractivity contribution in [1.82, 2.24) is 9.55 Å². The molecule has 2 aromatic carbocycles. The lowest BCUT2D eigenvalue weighted by atomic mass is 10.1. The van der Waals surface area contributed by atoms with Gasteiger partial charge in [0.15, 0.2) is 0 Å². The largest absolute Gasteiger partial charge is 0.380 e. The molecule has 0 atom stereocenters. The second kappa shape index (κ2) is 6.95. The molecule has 3 rings (SSSR count). The van der Waals surface area contributed by atoms with Crippen LogP contribution in [0.25, 0.3) is 11.0 Å². The number of benzene rings is 2. The van der Waals surface area contributed by atoms with E-state index < -0.39 is 0 Å². The van der Waals surface area contributed by atoms with Gasteiger partial charge in [-0.1, -0.05) is 41.9 Å². The summed E-state index contributed by atoms with van der Waals surface area (Å²) >= 11 is 6.15. The van der Waals surface area contributed by atoms with Crippen molar-refractivity contribution in [3.8, 4) is 0 Å². The van der Waals surface area contributed by atoms with Gasteiger partial charge in [0.1, 0.15) is 5.82 Å². The molecule has 0 unspecified atom stereocenters. The minimum absolute atomic E-state index is 0.677. The van der Waals surface area contributed by atoms with Gasteiger partial charge in [0.05, 0.1) is 17.6 Å². The number of hydrogen-bond acceptors (Lipinski definition) is 2. The fraction of sp³-hybridized carbons (Fsp3) is 0.278. The zero-order valence-corrected chi connectivity index (χ0v) is 13.4. The van der Waals surface area contributed by atoms with E-state index in [9.17, 15) is 0 Å². The molecule has 22 heavy (non-hydrogen) atoms. The van der Waals surface area contributed by atoms with Gasteiger partial charge in [0.25, 0.3) is 0 Å². The van der Waals surface area contributed by atoms with Crippen molar-refractivity contribution < 1.29 is 4.74 Å². The number of imidazole rings is 1. The van der Waals surface area contributed by atoms with Crippen LogP contribution in [0.3, 0.4) is 0 Å². The molecule has 0 saturated heterocycles. The molecule has 0 fully saturated rings. The highest BCUT2D eigenvalue weighted by Gasteiger charge is 2.11. The van der Waals surface area contributed by atoms with Gasteiger partial charge in [-0.3, -0.25) is 0 Å². The van der Waals surface area contributed by atoms with Crippen molar-refractivity contribution in [2.75, 3.05) is 13.2 Å². The molecule has 4 heteroatoms. The summed E-state index contributed by atoms with van der Waals surface area (Å²) in [6, 6.07) is 16.2. The molecule has 0 bridgehead atoms. The maximum absolute atomic E-state index is 6.15. The molecule has 1 heterocycles. The van der Waals surface area contributed by atoms with Crippen LogP contribution in [0.4, 0.5) is 0 Å². The van der Waals surface area contributed by atoms with Crippen molar-refractivity contribution in [3.63, 3.8) is 0 Å². The van der Waals surface area contributed by atoms with Crippen LogP contribution in [0.5, 0.6) is 0 Å². The molecule has 3 nitrogen and oxygen atoms in total. The molecule has 3 aromatic rings. The minimum atomic E-state index is 0.677. The van der Waals surface area contributed by atoms with Crippen molar-refractivity contribution in [1.29, 1.82) is 0 Å². The zero-order valence-electron chi connectivity index (χ0n) is 12.6. The van der Waals surface area contributed by atoms with Crippen molar-refractivity contribution in [2.45, 2.75) is 19.9 Å². The number of nitrogens with zero attached hydrogens (tertiary/aromatic N) is 2. The predicted molar refractivity (Wildman–Crippen MR) is 90.5 cm³/mol. The molecule has 1 aromatic heterocycles. The maximum Gasteiger partial charge on any atom is 0.114 e. The van der Waals surface area contributed by atoms with Crippen LogP contribution in [-0.4, -0.2) is 22.8 Å². The Labute approximate surface area is 135 Å². The molecule has 0 aliphatic heterocycles. The van der Waals surface area contributed by atoms with Crippen LogP contribution in [0.15, 0.2) is 48.5 Å². The first kappa shape index (κ1) is 15.1. The lowest BCUT2D eigenvalue weighted by Gasteiger charge is -2.09. The Morgan fingerprint density at radius 3 is 2.73 bits per heavy atom. The topological polar surface area (TPSA) is 27.1 Å². The lowest BCUT2D eigenvalue weighted by molar-refractivity contribution is 0.139. The van der Waals surface area contributed by atoms with Crippen LogP contribution in [0, 0.1) is 0 Å². The monoisotopic (exact) mass is 314 g/mol. The SMILES string of the molecule is CCOCCn1c(Cc2ccccc2)nc2ccc(Cl)cc21. The van der Waals surface area contributed by atoms with Gasteiger partial charge in [-0.25, -0.2) is 4.98 Å². The first-order chi connectivity index (χ1) is 10.8. The number of halogens is 1. The van der Waals surface area contributed by atoms with E-state index in [1.807, 2.05) is 31.2 Å². The molecular formula is C18H19ClN2O. The average molecular weight is 315 g/mol. The second-order valence-electron chi connectivity index (χ2n) is 5.17. The Morgan fingerprint density at radius 2 is 1.95 bits per heavy atom. The quantitative estimate of drug-likeness (QED) is 0.634. The van der Waals surface area contributed by atoms with E-state index in [0.29, 0.717) is 6.61 Å². The highest BCUT2D eigenvalue weighted by Crippen LogP contribution is 2.22. The zero-order chi connectivity index (χ0) is 15.4. The Hall–Kier alpha value is -1.84. The Bertz CT molecular complexity index is 752. The Balaban J connectivity index is 1.98. The van der Waals surface area contributed by atoms with Crippen LogP contribution < -0.4 is 0 Å². The third-order valence-corrected chi connectivity index (χ3v) is 3.89. The molecule has 0 saturated carbocycles. The molecule has 0 radical (unpaired) electrons. The summed E-state index contributed by atoms with van der Waals surface area (Å²) in [5.74, 6) is 1.04.